The maximum atomic E-state index is 13.2. The maximum Gasteiger partial charge on any atom is 0.131 e. The van der Waals surface area contributed by atoms with Gasteiger partial charge in [0, 0.05) is 10.9 Å². The summed E-state index contributed by atoms with van der Waals surface area (Å²) in [4.78, 5) is 0. The molecule has 0 aliphatic carbocycles. The van der Waals surface area contributed by atoms with Gasteiger partial charge in [0.25, 0.3) is 0 Å². The average molecular weight is 337 g/mol. The third-order valence-electron chi connectivity index (χ3n) is 3.26. The second-order valence-electron chi connectivity index (χ2n) is 5.16. The number of ether oxygens (including phenoxy) is 1. The first-order valence-electron chi connectivity index (χ1n) is 6.64. The van der Waals surface area contributed by atoms with Crippen molar-refractivity contribution in [1.29, 1.82) is 0 Å². The molecule has 0 fully saturated rings. The minimum absolute atomic E-state index is 0.252. The van der Waals surface area contributed by atoms with Crippen LogP contribution in [-0.2, 0) is 5.33 Å². The number of rotatable bonds is 4. The molecule has 0 bridgehead atoms. The Hall–Kier alpha value is -1.35. The van der Waals surface area contributed by atoms with Crippen LogP contribution >= 0.6 is 15.9 Å². The minimum atomic E-state index is -0.252. The normalized spacial score (nSPS) is 10.9. The Kier molecular flexibility index (Phi) is 4.81. The van der Waals surface area contributed by atoms with E-state index in [9.17, 15) is 4.39 Å². The lowest BCUT2D eigenvalue weighted by Gasteiger charge is -2.13. The van der Waals surface area contributed by atoms with E-state index in [0.29, 0.717) is 17.0 Å². The number of halogens is 2. The van der Waals surface area contributed by atoms with Crippen LogP contribution in [0.3, 0.4) is 0 Å². The van der Waals surface area contributed by atoms with Crippen LogP contribution in [0, 0.1) is 12.7 Å². The molecule has 2 aromatic carbocycles. The number of aryl methyl sites for hydroxylation is 1. The van der Waals surface area contributed by atoms with E-state index < -0.39 is 0 Å². The molecule has 0 saturated heterocycles. The summed E-state index contributed by atoms with van der Waals surface area (Å²) >= 11 is 3.35. The lowest BCUT2D eigenvalue weighted by Crippen LogP contribution is -1.94. The quantitative estimate of drug-likeness (QED) is 0.627. The fourth-order valence-corrected chi connectivity index (χ4v) is 2.68. The molecule has 2 aromatic rings. The van der Waals surface area contributed by atoms with E-state index in [1.54, 1.807) is 6.07 Å². The Bertz CT molecular complexity index is 608. The van der Waals surface area contributed by atoms with Crippen molar-refractivity contribution in [2.45, 2.75) is 32.0 Å². The molecule has 0 saturated carbocycles. The van der Waals surface area contributed by atoms with Crippen LogP contribution in [0.5, 0.6) is 11.5 Å². The second-order valence-corrected chi connectivity index (χ2v) is 5.72. The van der Waals surface area contributed by atoms with Gasteiger partial charge in [-0.15, -0.1) is 0 Å². The van der Waals surface area contributed by atoms with Gasteiger partial charge in [-0.25, -0.2) is 4.39 Å². The van der Waals surface area contributed by atoms with E-state index >= 15 is 0 Å². The van der Waals surface area contributed by atoms with Gasteiger partial charge in [0.15, 0.2) is 0 Å². The molecule has 0 aromatic heterocycles. The van der Waals surface area contributed by atoms with Gasteiger partial charge in [0.1, 0.15) is 17.3 Å². The molecule has 0 spiro atoms. The van der Waals surface area contributed by atoms with Crippen LogP contribution in [0.25, 0.3) is 0 Å². The van der Waals surface area contributed by atoms with Crippen molar-refractivity contribution < 1.29 is 9.13 Å². The molecule has 106 valence electrons. The predicted molar refractivity (Wildman–Crippen MR) is 84.4 cm³/mol. The van der Waals surface area contributed by atoms with E-state index in [2.05, 4.69) is 42.8 Å². The molecule has 0 heterocycles. The van der Waals surface area contributed by atoms with Gasteiger partial charge in [0.2, 0.25) is 0 Å². The summed E-state index contributed by atoms with van der Waals surface area (Å²) in [6.45, 7) is 6.43. The molecule has 0 aliphatic heterocycles. The second kappa shape index (κ2) is 6.40. The first-order chi connectivity index (χ1) is 9.51. The lowest BCUT2D eigenvalue weighted by atomic mass is 9.98. The molecular weight excluding hydrogens is 319 g/mol. The van der Waals surface area contributed by atoms with E-state index in [4.69, 9.17) is 4.74 Å². The van der Waals surface area contributed by atoms with Gasteiger partial charge in [-0.3, -0.25) is 0 Å². The number of hydrogen-bond donors (Lipinski definition) is 0. The summed E-state index contributed by atoms with van der Waals surface area (Å²) in [5.74, 6) is 1.70. The van der Waals surface area contributed by atoms with Crippen LogP contribution in [0.15, 0.2) is 36.4 Å². The van der Waals surface area contributed by atoms with Gasteiger partial charge >= 0.3 is 0 Å². The monoisotopic (exact) mass is 336 g/mol. The zero-order valence-electron chi connectivity index (χ0n) is 11.9. The van der Waals surface area contributed by atoms with Crippen molar-refractivity contribution in [1.82, 2.24) is 0 Å². The highest BCUT2D eigenvalue weighted by Gasteiger charge is 2.08. The van der Waals surface area contributed by atoms with Gasteiger partial charge in [-0.2, -0.15) is 0 Å². The molecule has 3 heteroatoms. The van der Waals surface area contributed by atoms with Crippen molar-refractivity contribution in [3.05, 3.63) is 58.9 Å². The smallest absolute Gasteiger partial charge is 0.131 e. The van der Waals surface area contributed by atoms with Crippen LogP contribution in [0.2, 0.25) is 0 Å². The molecule has 0 atom stereocenters. The molecule has 20 heavy (non-hydrogen) atoms. The van der Waals surface area contributed by atoms with Crippen LogP contribution in [-0.4, -0.2) is 0 Å². The summed E-state index contributed by atoms with van der Waals surface area (Å²) in [5.41, 5.74) is 3.33. The van der Waals surface area contributed by atoms with Crippen molar-refractivity contribution in [2.75, 3.05) is 0 Å². The SMILES string of the molecule is Cc1cc(Oc2ccc(F)cc2CBr)ccc1C(C)C. The first kappa shape index (κ1) is 15.0. The Morgan fingerprint density at radius 3 is 2.50 bits per heavy atom. The summed E-state index contributed by atoms with van der Waals surface area (Å²) in [7, 11) is 0. The summed E-state index contributed by atoms with van der Waals surface area (Å²) in [5, 5.41) is 0.559. The van der Waals surface area contributed by atoms with E-state index in [1.807, 2.05) is 12.1 Å². The molecule has 0 aliphatic rings. The van der Waals surface area contributed by atoms with Crippen molar-refractivity contribution >= 4 is 15.9 Å². The summed E-state index contributed by atoms with van der Waals surface area (Å²) in [6, 6.07) is 10.6. The summed E-state index contributed by atoms with van der Waals surface area (Å²) in [6.07, 6.45) is 0. The minimum Gasteiger partial charge on any atom is -0.457 e. The maximum absolute atomic E-state index is 13.2. The van der Waals surface area contributed by atoms with E-state index in [1.165, 1.54) is 23.3 Å². The number of benzene rings is 2. The van der Waals surface area contributed by atoms with Crippen LogP contribution in [0.4, 0.5) is 4.39 Å². The molecule has 2 rings (SSSR count). The third-order valence-corrected chi connectivity index (χ3v) is 3.86. The third kappa shape index (κ3) is 3.40. The predicted octanol–water partition coefficient (Wildman–Crippen LogP) is 5.94. The number of alkyl halides is 1. The topological polar surface area (TPSA) is 9.23 Å². The number of hydrogen-bond acceptors (Lipinski definition) is 1. The van der Waals surface area contributed by atoms with Crippen molar-refractivity contribution in [2.24, 2.45) is 0 Å². The highest BCUT2D eigenvalue weighted by atomic mass is 79.9. The standard InChI is InChI=1S/C17H18BrFO/c1-11(2)16-6-5-15(8-12(16)3)20-17-7-4-14(19)9-13(17)10-18/h4-9,11H,10H2,1-3H3. The lowest BCUT2D eigenvalue weighted by molar-refractivity contribution is 0.475. The van der Waals surface area contributed by atoms with Gasteiger partial charge in [0.05, 0.1) is 0 Å². The van der Waals surface area contributed by atoms with Crippen LogP contribution in [0.1, 0.15) is 36.5 Å². The van der Waals surface area contributed by atoms with Gasteiger partial charge in [-0.1, -0.05) is 35.8 Å². The molecular formula is C17H18BrFO. The Labute approximate surface area is 127 Å². The van der Waals surface area contributed by atoms with Crippen molar-refractivity contribution in [3.63, 3.8) is 0 Å². The molecule has 0 radical (unpaired) electrons. The largest absolute Gasteiger partial charge is 0.457 e. The molecule has 1 nitrogen and oxygen atoms in total. The van der Waals surface area contributed by atoms with Gasteiger partial charge in [-0.05, 0) is 54.3 Å². The summed E-state index contributed by atoms with van der Waals surface area (Å²) < 4.78 is 19.1. The molecule has 0 amide bonds. The fourth-order valence-electron chi connectivity index (χ4n) is 2.24. The Morgan fingerprint density at radius 2 is 1.90 bits per heavy atom. The zero-order valence-corrected chi connectivity index (χ0v) is 13.5. The zero-order chi connectivity index (χ0) is 14.7. The Balaban J connectivity index is 2.28. The molecule has 0 N–H and O–H groups in total. The molecule has 0 unspecified atom stereocenters. The first-order valence-corrected chi connectivity index (χ1v) is 7.76. The van der Waals surface area contributed by atoms with Crippen LogP contribution < -0.4 is 4.74 Å². The van der Waals surface area contributed by atoms with Gasteiger partial charge < -0.3 is 4.74 Å². The Morgan fingerprint density at radius 1 is 1.15 bits per heavy atom. The van der Waals surface area contributed by atoms with E-state index in [-0.39, 0.29) is 5.82 Å². The average Bonchev–Trinajstić information content (AvgIpc) is 2.40. The highest BCUT2D eigenvalue weighted by molar-refractivity contribution is 9.08. The van der Waals surface area contributed by atoms with Crippen molar-refractivity contribution in [3.8, 4) is 11.5 Å². The highest BCUT2D eigenvalue weighted by Crippen LogP contribution is 2.30. The van der Waals surface area contributed by atoms with E-state index in [0.717, 1.165) is 11.3 Å². The fraction of sp³-hybridized carbons (Fsp3) is 0.294.